The topological polar surface area (TPSA) is 3.24 Å². The lowest BCUT2D eigenvalue weighted by Gasteiger charge is -2.14. The van der Waals surface area contributed by atoms with Crippen LogP contribution in [0.5, 0.6) is 0 Å². The maximum absolute atomic E-state index is 2.23. The van der Waals surface area contributed by atoms with Crippen LogP contribution in [0.25, 0.3) is 0 Å². The van der Waals surface area contributed by atoms with Gasteiger partial charge in [-0.05, 0) is 34.4 Å². The van der Waals surface area contributed by atoms with Gasteiger partial charge in [0.25, 0.3) is 0 Å². The van der Waals surface area contributed by atoms with Crippen molar-refractivity contribution in [3.8, 4) is 0 Å². The molecule has 0 atom stereocenters. The minimum atomic E-state index is 1.12. The maximum Gasteiger partial charge on any atom is 0.0189 e. The molecule has 0 unspecified atom stereocenters. The third-order valence-electron chi connectivity index (χ3n) is 1.77. The van der Waals surface area contributed by atoms with Crippen LogP contribution in [-0.4, -0.2) is 25.5 Å². The van der Waals surface area contributed by atoms with Crippen LogP contribution in [0.3, 0.4) is 0 Å². The average molecular weight is 155 g/mol. The standard InChI is InChI=1S/C10H21N/c1-6-7-10(9(2)3)8-11(4)5/h6-8H2,1-5H3. The Morgan fingerprint density at radius 3 is 2.00 bits per heavy atom. The second-order valence-electron chi connectivity index (χ2n) is 3.59. The van der Waals surface area contributed by atoms with Crippen molar-refractivity contribution < 1.29 is 0 Å². The summed E-state index contributed by atoms with van der Waals surface area (Å²) in [6, 6.07) is 0. The molecule has 0 rings (SSSR count). The molecule has 0 amide bonds. The minimum absolute atomic E-state index is 1.12. The molecule has 0 radical (unpaired) electrons. The molecule has 0 spiro atoms. The normalized spacial score (nSPS) is 10.4. The summed E-state index contributed by atoms with van der Waals surface area (Å²) in [5, 5.41) is 0. The van der Waals surface area contributed by atoms with Crippen LogP contribution < -0.4 is 0 Å². The highest BCUT2D eigenvalue weighted by Gasteiger charge is 1.99. The zero-order chi connectivity index (χ0) is 8.85. The Labute approximate surface area is 71.1 Å². The summed E-state index contributed by atoms with van der Waals surface area (Å²) < 4.78 is 0. The number of nitrogens with zero attached hydrogens (tertiary/aromatic N) is 1. The van der Waals surface area contributed by atoms with Gasteiger partial charge in [0, 0.05) is 6.54 Å². The van der Waals surface area contributed by atoms with Gasteiger partial charge in [0.15, 0.2) is 0 Å². The summed E-state index contributed by atoms with van der Waals surface area (Å²) in [7, 11) is 4.25. The molecule has 0 fully saturated rings. The third-order valence-corrected chi connectivity index (χ3v) is 1.77. The Hall–Kier alpha value is -0.300. The number of hydrogen-bond acceptors (Lipinski definition) is 1. The maximum atomic E-state index is 2.23. The van der Waals surface area contributed by atoms with Gasteiger partial charge in [-0.1, -0.05) is 24.5 Å². The van der Waals surface area contributed by atoms with Crippen molar-refractivity contribution in [2.45, 2.75) is 33.6 Å². The molecule has 0 aliphatic heterocycles. The summed E-state index contributed by atoms with van der Waals surface area (Å²) in [4.78, 5) is 2.23. The van der Waals surface area contributed by atoms with Crippen LogP contribution in [0.1, 0.15) is 33.6 Å². The minimum Gasteiger partial charge on any atom is -0.305 e. The highest BCUT2D eigenvalue weighted by atomic mass is 15.0. The predicted octanol–water partition coefficient (Wildman–Crippen LogP) is 2.68. The number of hydrogen-bond donors (Lipinski definition) is 0. The summed E-state index contributed by atoms with van der Waals surface area (Å²) in [6.07, 6.45) is 2.51. The smallest absolute Gasteiger partial charge is 0.0189 e. The quantitative estimate of drug-likeness (QED) is 0.564. The molecular formula is C10H21N. The summed E-state index contributed by atoms with van der Waals surface area (Å²) in [5.41, 5.74) is 3.08. The number of allylic oxidation sites excluding steroid dienone is 1. The van der Waals surface area contributed by atoms with E-state index in [1.807, 2.05) is 0 Å². The fourth-order valence-electron chi connectivity index (χ4n) is 1.17. The van der Waals surface area contributed by atoms with Crippen molar-refractivity contribution in [1.29, 1.82) is 0 Å². The van der Waals surface area contributed by atoms with Gasteiger partial charge in [0.1, 0.15) is 0 Å². The second kappa shape index (κ2) is 5.36. The molecule has 0 heterocycles. The van der Waals surface area contributed by atoms with Gasteiger partial charge < -0.3 is 4.90 Å². The lowest BCUT2D eigenvalue weighted by atomic mass is 10.1. The first kappa shape index (κ1) is 10.7. The van der Waals surface area contributed by atoms with Crippen LogP contribution in [0.4, 0.5) is 0 Å². The fourth-order valence-corrected chi connectivity index (χ4v) is 1.17. The molecule has 0 aromatic heterocycles. The lowest BCUT2D eigenvalue weighted by Crippen LogP contribution is -2.15. The van der Waals surface area contributed by atoms with E-state index in [2.05, 4.69) is 39.8 Å². The molecule has 11 heavy (non-hydrogen) atoms. The van der Waals surface area contributed by atoms with E-state index >= 15 is 0 Å². The van der Waals surface area contributed by atoms with Gasteiger partial charge in [-0.2, -0.15) is 0 Å². The Balaban J connectivity index is 4.02. The van der Waals surface area contributed by atoms with Gasteiger partial charge >= 0.3 is 0 Å². The molecule has 0 N–H and O–H groups in total. The molecule has 0 bridgehead atoms. The molecule has 1 nitrogen and oxygen atoms in total. The first-order chi connectivity index (χ1) is 5.07. The zero-order valence-corrected chi connectivity index (χ0v) is 8.57. The first-order valence-electron chi connectivity index (χ1n) is 4.37. The van der Waals surface area contributed by atoms with E-state index in [0.29, 0.717) is 0 Å². The molecule has 1 heteroatoms. The van der Waals surface area contributed by atoms with Crippen LogP contribution in [-0.2, 0) is 0 Å². The molecule has 0 aliphatic carbocycles. The van der Waals surface area contributed by atoms with Crippen molar-refractivity contribution in [3.05, 3.63) is 11.1 Å². The van der Waals surface area contributed by atoms with E-state index in [-0.39, 0.29) is 0 Å². The SMILES string of the molecule is CCCC(CN(C)C)=C(C)C. The van der Waals surface area contributed by atoms with E-state index < -0.39 is 0 Å². The Bertz CT molecular complexity index is 130. The molecule has 0 aromatic carbocycles. The predicted molar refractivity (Wildman–Crippen MR) is 51.8 cm³/mol. The molecular weight excluding hydrogens is 134 g/mol. The van der Waals surface area contributed by atoms with Crippen LogP contribution >= 0.6 is 0 Å². The van der Waals surface area contributed by atoms with E-state index in [4.69, 9.17) is 0 Å². The second-order valence-corrected chi connectivity index (χ2v) is 3.59. The lowest BCUT2D eigenvalue weighted by molar-refractivity contribution is 0.437. The van der Waals surface area contributed by atoms with Gasteiger partial charge in [-0.3, -0.25) is 0 Å². The Morgan fingerprint density at radius 2 is 1.73 bits per heavy atom. The van der Waals surface area contributed by atoms with Crippen molar-refractivity contribution in [2.75, 3.05) is 20.6 Å². The van der Waals surface area contributed by atoms with Gasteiger partial charge in [0.2, 0.25) is 0 Å². The Morgan fingerprint density at radius 1 is 1.18 bits per heavy atom. The number of likely N-dealkylation sites (N-methyl/N-ethyl adjacent to an activating group) is 1. The summed E-state index contributed by atoms with van der Waals surface area (Å²) in [5.74, 6) is 0. The summed E-state index contributed by atoms with van der Waals surface area (Å²) in [6.45, 7) is 7.76. The monoisotopic (exact) mass is 155 g/mol. The highest BCUT2D eigenvalue weighted by Crippen LogP contribution is 2.10. The molecule has 0 saturated carbocycles. The van der Waals surface area contributed by atoms with Crippen LogP contribution in [0, 0.1) is 0 Å². The number of rotatable bonds is 4. The van der Waals surface area contributed by atoms with Gasteiger partial charge in [0.05, 0.1) is 0 Å². The van der Waals surface area contributed by atoms with E-state index in [9.17, 15) is 0 Å². The van der Waals surface area contributed by atoms with Crippen LogP contribution in [0.15, 0.2) is 11.1 Å². The molecule has 66 valence electrons. The van der Waals surface area contributed by atoms with E-state index in [1.54, 1.807) is 5.57 Å². The first-order valence-corrected chi connectivity index (χ1v) is 4.37. The van der Waals surface area contributed by atoms with Crippen molar-refractivity contribution in [2.24, 2.45) is 0 Å². The molecule has 0 saturated heterocycles. The third kappa shape index (κ3) is 5.02. The van der Waals surface area contributed by atoms with Crippen molar-refractivity contribution in [3.63, 3.8) is 0 Å². The largest absolute Gasteiger partial charge is 0.305 e. The summed E-state index contributed by atoms with van der Waals surface area (Å²) >= 11 is 0. The molecule has 0 aromatic rings. The highest BCUT2D eigenvalue weighted by molar-refractivity contribution is 5.11. The van der Waals surface area contributed by atoms with Crippen molar-refractivity contribution >= 4 is 0 Å². The van der Waals surface area contributed by atoms with E-state index in [0.717, 1.165) is 6.54 Å². The van der Waals surface area contributed by atoms with Crippen molar-refractivity contribution in [1.82, 2.24) is 4.90 Å². The molecule has 0 aliphatic rings. The van der Waals surface area contributed by atoms with Crippen LogP contribution in [0.2, 0.25) is 0 Å². The zero-order valence-electron chi connectivity index (χ0n) is 8.57. The van der Waals surface area contributed by atoms with Gasteiger partial charge in [-0.25, -0.2) is 0 Å². The fraction of sp³-hybridized carbons (Fsp3) is 0.800. The van der Waals surface area contributed by atoms with E-state index in [1.165, 1.54) is 18.4 Å². The van der Waals surface area contributed by atoms with Gasteiger partial charge in [-0.15, -0.1) is 0 Å². The average Bonchev–Trinajstić information content (AvgIpc) is 1.86. The Kier molecular flexibility index (Phi) is 5.22.